The van der Waals surface area contributed by atoms with Gasteiger partial charge in [0.25, 0.3) is 5.69 Å². The van der Waals surface area contributed by atoms with E-state index in [9.17, 15) is 10.1 Å². The summed E-state index contributed by atoms with van der Waals surface area (Å²) in [6.07, 6.45) is 1.83. The molecule has 0 aliphatic heterocycles. The molecule has 5 heteroatoms. The normalized spacial score (nSPS) is 10.9. The molecule has 1 heterocycles. The predicted molar refractivity (Wildman–Crippen MR) is 81.6 cm³/mol. The Balaban J connectivity index is 2.51. The lowest BCUT2D eigenvalue weighted by Gasteiger charge is -2.06. The lowest BCUT2D eigenvalue weighted by Crippen LogP contribution is -1.99. The molecule has 1 aromatic heterocycles. The van der Waals surface area contributed by atoms with Gasteiger partial charge in [-0.25, -0.2) is 0 Å². The second-order valence-electron chi connectivity index (χ2n) is 5.87. The molecule has 0 fully saturated rings. The van der Waals surface area contributed by atoms with Gasteiger partial charge in [-0.15, -0.1) is 0 Å². The van der Waals surface area contributed by atoms with Crippen LogP contribution in [0.2, 0.25) is 0 Å². The van der Waals surface area contributed by atoms with Gasteiger partial charge in [-0.2, -0.15) is 5.10 Å². The highest BCUT2D eigenvalue weighted by Crippen LogP contribution is 2.25. The van der Waals surface area contributed by atoms with Gasteiger partial charge in [-0.3, -0.25) is 14.8 Å². The van der Waals surface area contributed by atoms with Gasteiger partial charge in [0.2, 0.25) is 0 Å². The Morgan fingerprint density at radius 1 is 1.33 bits per heavy atom. The van der Waals surface area contributed by atoms with Crippen molar-refractivity contribution in [3.05, 3.63) is 46.1 Å². The van der Waals surface area contributed by atoms with Crippen LogP contribution in [0.1, 0.15) is 26.3 Å². The highest BCUT2D eigenvalue weighted by molar-refractivity contribution is 5.69. The van der Waals surface area contributed by atoms with E-state index in [1.54, 1.807) is 16.8 Å². The molecule has 0 amide bonds. The molecule has 0 bridgehead atoms. The minimum Gasteiger partial charge on any atom is -0.274 e. The molecule has 0 radical (unpaired) electrons. The molecule has 0 aliphatic rings. The molecule has 2 rings (SSSR count). The Labute approximate surface area is 123 Å². The summed E-state index contributed by atoms with van der Waals surface area (Å²) < 4.78 is 1.67. The quantitative estimate of drug-likeness (QED) is 0.482. The average molecular weight is 283 g/mol. The summed E-state index contributed by atoms with van der Waals surface area (Å²) in [5.41, 5.74) is 2.07. The van der Waals surface area contributed by atoms with E-state index < -0.39 is 4.92 Å². The first-order chi connectivity index (χ1) is 9.76. The molecule has 0 saturated carbocycles. The predicted octanol–water partition coefficient (Wildman–Crippen LogP) is 3.39. The first-order valence-corrected chi connectivity index (χ1v) is 6.58. The molecule has 2 aromatic rings. The van der Waals surface area contributed by atoms with E-state index in [-0.39, 0.29) is 11.1 Å². The van der Waals surface area contributed by atoms with Gasteiger partial charge in [0.1, 0.15) is 5.69 Å². The summed E-state index contributed by atoms with van der Waals surface area (Å²) in [4.78, 5) is 10.5. The number of rotatable bonds is 2. The van der Waals surface area contributed by atoms with Crippen molar-refractivity contribution in [3.63, 3.8) is 0 Å². The van der Waals surface area contributed by atoms with Crippen LogP contribution >= 0.6 is 0 Å². The number of aromatic nitrogens is 2. The lowest BCUT2D eigenvalue weighted by molar-refractivity contribution is -0.384. The molecule has 0 N–H and O–H groups in total. The Hall–Kier alpha value is -2.61. The van der Waals surface area contributed by atoms with Crippen molar-refractivity contribution in [2.24, 2.45) is 12.5 Å². The van der Waals surface area contributed by atoms with Gasteiger partial charge in [-0.05, 0) is 20.8 Å². The van der Waals surface area contributed by atoms with Gasteiger partial charge in [0.15, 0.2) is 0 Å². The van der Waals surface area contributed by atoms with Crippen LogP contribution in [0.25, 0.3) is 11.3 Å². The maximum Gasteiger partial charge on any atom is 0.270 e. The van der Waals surface area contributed by atoms with Gasteiger partial charge in [-0.1, -0.05) is 24.0 Å². The maximum atomic E-state index is 10.9. The molecule has 0 aliphatic carbocycles. The Morgan fingerprint density at radius 2 is 2.05 bits per heavy atom. The summed E-state index contributed by atoms with van der Waals surface area (Å²) in [7, 11) is 1.81. The van der Waals surface area contributed by atoms with Crippen molar-refractivity contribution in [1.82, 2.24) is 9.78 Å². The number of non-ortho nitro benzene ring substituents is 1. The fourth-order valence-corrected chi connectivity index (χ4v) is 1.81. The van der Waals surface area contributed by atoms with E-state index in [1.165, 1.54) is 12.1 Å². The van der Waals surface area contributed by atoms with Crippen LogP contribution in [0.15, 0.2) is 30.5 Å². The highest BCUT2D eigenvalue weighted by atomic mass is 16.6. The van der Waals surface area contributed by atoms with Crippen molar-refractivity contribution in [3.8, 4) is 23.1 Å². The first-order valence-electron chi connectivity index (χ1n) is 6.58. The molecule has 5 nitrogen and oxygen atoms in total. The standard InChI is InChI=1S/C16H17N3O2/c1-16(2,3)9-8-13-11-18(4)17-15(13)12-6-5-7-14(10-12)19(20)21/h5-7,10-11H,1-4H3. The van der Waals surface area contributed by atoms with Crippen LogP contribution in [0, 0.1) is 27.4 Å². The SMILES string of the molecule is Cn1cc(C#CC(C)(C)C)c(-c2cccc([N+](=O)[O-])c2)n1. The molecule has 0 saturated heterocycles. The smallest absolute Gasteiger partial charge is 0.270 e. The molecular weight excluding hydrogens is 266 g/mol. The van der Waals surface area contributed by atoms with Gasteiger partial charge >= 0.3 is 0 Å². The average Bonchev–Trinajstić information content (AvgIpc) is 2.77. The van der Waals surface area contributed by atoms with Crippen LogP contribution in [0.5, 0.6) is 0 Å². The fraction of sp³-hybridized carbons (Fsp3) is 0.312. The number of benzene rings is 1. The largest absolute Gasteiger partial charge is 0.274 e. The second-order valence-corrected chi connectivity index (χ2v) is 5.87. The third-order valence-electron chi connectivity index (χ3n) is 2.73. The van der Waals surface area contributed by atoms with E-state index in [0.717, 1.165) is 5.56 Å². The first kappa shape index (κ1) is 14.8. The number of nitro benzene ring substituents is 1. The van der Waals surface area contributed by atoms with Gasteiger partial charge in [0.05, 0.1) is 10.5 Å². The van der Waals surface area contributed by atoms with Crippen LogP contribution in [0.4, 0.5) is 5.69 Å². The summed E-state index contributed by atoms with van der Waals surface area (Å²) in [5, 5.41) is 15.3. The van der Waals surface area contributed by atoms with Crippen LogP contribution in [0.3, 0.4) is 0 Å². The molecule has 0 unspecified atom stereocenters. The molecule has 21 heavy (non-hydrogen) atoms. The van der Waals surface area contributed by atoms with Crippen LogP contribution in [-0.2, 0) is 7.05 Å². The second kappa shape index (κ2) is 5.41. The zero-order valence-corrected chi connectivity index (χ0v) is 12.5. The summed E-state index contributed by atoms with van der Waals surface area (Å²) >= 11 is 0. The Kier molecular flexibility index (Phi) is 3.81. The Morgan fingerprint density at radius 3 is 2.67 bits per heavy atom. The minimum absolute atomic E-state index is 0.0490. The molecule has 0 atom stereocenters. The van der Waals surface area contributed by atoms with E-state index in [4.69, 9.17) is 0 Å². The van der Waals surface area contributed by atoms with Crippen molar-refractivity contribution in [2.75, 3.05) is 0 Å². The van der Waals surface area contributed by atoms with E-state index in [0.29, 0.717) is 11.3 Å². The Bertz CT molecular complexity index is 743. The number of nitro groups is 1. The fourth-order valence-electron chi connectivity index (χ4n) is 1.81. The van der Waals surface area contributed by atoms with Gasteiger partial charge < -0.3 is 0 Å². The van der Waals surface area contributed by atoms with Crippen molar-refractivity contribution in [2.45, 2.75) is 20.8 Å². The molecular formula is C16H17N3O2. The summed E-state index contributed by atoms with van der Waals surface area (Å²) in [6, 6.07) is 6.44. The van der Waals surface area contributed by atoms with E-state index >= 15 is 0 Å². The van der Waals surface area contributed by atoms with Crippen LogP contribution < -0.4 is 0 Å². The molecule has 1 aromatic carbocycles. The maximum absolute atomic E-state index is 10.9. The molecule has 0 spiro atoms. The van der Waals surface area contributed by atoms with E-state index in [1.807, 2.05) is 34.0 Å². The molecule has 108 valence electrons. The monoisotopic (exact) mass is 283 g/mol. The van der Waals surface area contributed by atoms with Crippen molar-refractivity contribution < 1.29 is 4.92 Å². The van der Waals surface area contributed by atoms with Crippen LogP contribution in [-0.4, -0.2) is 14.7 Å². The number of hydrogen-bond donors (Lipinski definition) is 0. The van der Waals surface area contributed by atoms with Crippen molar-refractivity contribution >= 4 is 5.69 Å². The van der Waals surface area contributed by atoms with Gasteiger partial charge in [0, 0.05) is 36.4 Å². The highest BCUT2D eigenvalue weighted by Gasteiger charge is 2.13. The van der Waals surface area contributed by atoms with Crippen molar-refractivity contribution in [1.29, 1.82) is 0 Å². The summed E-state index contributed by atoms with van der Waals surface area (Å²) in [5.74, 6) is 6.28. The minimum atomic E-state index is -0.410. The third kappa shape index (κ3) is 3.69. The third-order valence-corrected chi connectivity index (χ3v) is 2.73. The van der Waals surface area contributed by atoms with E-state index in [2.05, 4.69) is 16.9 Å². The topological polar surface area (TPSA) is 61.0 Å². The number of nitrogens with zero attached hydrogens (tertiary/aromatic N) is 3. The lowest BCUT2D eigenvalue weighted by atomic mass is 9.97. The zero-order valence-electron chi connectivity index (χ0n) is 12.5. The number of hydrogen-bond acceptors (Lipinski definition) is 3. The number of aryl methyl sites for hydroxylation is 1. The zero-order chi connectivity index (χ0) is 15.6. The summed E-state index contributed by atoms with van der Waals surface area (Å²) in [6.45, 7) is 6.09.